The van der Waals surface area contributed by atoms with Gasteiger partial charge in [-0.2, -0.15) is 4.31 Å². The van der Waals surface area contributed by atoms with E-state index in [-0.39, 0.29) is 18.2 Å². The summed E-state index contributed by atoms with van der Waals surface area (Å²) in [6.45, 7) is 5.22. The molecule has 6 heteroatoms. The van der Waals surface area contributed by atoms with Gasteiger partial charge in [-0.05, 0) is 18.6 Å². The fourth-order valence-corrected chi connectivity index (χ4v) is 3.44. The Bertz CT molecular complexity index is 610. The Kier molecular flexibility index (Phi) is 3.73. The van der Waals surface area contributed by atoms with E-state index in [9.17, 15) is 13.2 Å². The minimum atomic E-state index is -3.53. The highest BCUT2D eigenvalue weighted by atomic mass is 32.2. The molecule has 1 N–H and O–H groups in total. The number of amides is 1. The highest BCUT2D eigenvalue weighted by Gasteiger charge is 2.33. The fourth-order valence-electron chi connectivity index (χ4n) is 2.04. The first-order valence-corrected chi connectivity index (χ1v) is 7.56. The maximum absolute atomic E-state index is 12.2. The van der Waals surface area contributed by atoms with Crippen LogP contribution in [0.4, 0.5) is 5.69 Å². The van der Waals surface area contributed by atoms with Gasteiger partial charge in [-0.1, -0.05) is 24.3 Å². The van der Waals surface area contributed by atoms with Gasteiger partial charge in [0.15, 0.2) is 0 Å². The van der Waals surface area contributed by atoms with Crippen molar-refractivity contribution in [3.05, 3.63) is 42.5 Å². The number of fused-ring (bicyclic) bond motifs is 1. The van der Waals surface area contributed by atoms with E-state index in [1.165, 1.54) is 10.4 Å². The fraction of sp³-hybridized carbons (Fsp3) is 0.308. The molecule has 0 bridgehead atoms. The molecule has 0 radical (unpaired) electrons. The van der Waals surface area contributed by atoms with Crippen molar-refractivity contribution in [2.75, 3.05) is 11.1 Å². The third-order valence-electron chi connectivity index (χ3n) is 3.10. The van der Waals surface area contributed by atoms with E-state index in [0.29, 0.717) is 5.69 Å². The van der Waals surface area contributed by atoms with Gasteiger partial charge in [-0.15, -0.1) is 6.58 Å². The number of carbonyl (C=O) groups is 1. The number of anilines is 1. The predicted molar refractivity (Wildman–Crippen MR) is 74.1 cm³/mol. The van der Waals surface area contributed by atoms with Gasteiger partial charge in [0.2, 0.25) is 15.9 Å². The van der Waals surface area contributed by atoms with Crippen molar-refractivity contribution in [3.63, 3.8) is 0 Å². The maximum atomic E-state index is 12.2. The molecular weight excluding hydrogens is 264 g/mol. The average Bonchev–Trinajstić information content (AvgIpc) is 2.48. The molecular formula is C13H16N2O3S. The van der Waals surface area contributed by atoms with Crippen LogP contribution in [0.3, 0.4) is 0 Å². The van der Waals surface area contributed by atoms with Crippen LogP contribution in [-0.4, -0.2) is 30.4 Å². The lowest BCUT2D eigenvalue weighted by Gasteiger charge is -2.24. The lowest BCUT2D eigenvalue weighted by molar-refractivity contribution is -0.119. The second-order valence-electron chi connectivity index (χ2n) is 4.43. The number of para-hydroxylation sites is 1. The Morgan fingerprint density at radius 1 is 1.47 bits per heavy atom. The number of carbonyl (C=O) groups excluding carboxylic acids is 1. The molecule has 5 nitrogen and oxygen atoms in total. The SMILES string of the molecule is C=CCS(=O)(=O)N1Cc2ccccc2NC(=O)C1C. The first kappa shape index (κ1) is 13.8. The van der Waals surface area contributed by atoms with E-state index in [1.54, 1.807) is 19.1 Å². The summed E-state index contributed by atoms with van der Waals surface area (Å²) in [5.74, 6) is -0.496. The van der Waals surface area contributed by atoms with Crippen LogP contribution < -0.4 is 5.32 Å². The summed E-state index contributed by atoms with van der Waals surface area (Å²) in [5.41, 5.74) is 1.45. The molecule has 102 valence electrons. The van der Waals surface area contributed by atoms with Gasteiger partial charge in [0.25, 0.3) is 0 Å². The zero-order chi connectivity index (χ0) is 14.0. The topological polar surface area (TPSA) is 66.5 Å². The van der Waals surface area contributed by atoms with E-state index in [2.05, 4.69) is 11.9 Å². The third kappa shape index (κ3) is 2.69. The van der Waals surface area contributed by atoms with Gasteiger partial charge >= 0.3 is 0 Å². The van der Waals surface area contributed by atoms with Gasteiger partial charge in [0, 0.05) is 12.2 Å². The zero-order valence-electron chi connectivity index (χ0n) is 10.7. The molecule has 0 saturated carbocycles. The van der Waals surface area contributed by atoms with Crippen LogP contribution in [-0.2, 0) is 21.4 Å². The summed E-state index contributed by atoms with van der Waals surface area (Å²) in [4.78, 5) is 12.0. The second-order valence-corrected chi connectivity index (χ2v) is 6.40. The average molecular weight is 280 g/mol. The highest BCUT2D eigenvalue weighted by molar-refractivity contribution is 7.89. The van der Waals surface area contributed by atoms with Crippen LogP contribution >= 0.6 is 0 Å². The van der Waals surface area contributed by atoms with Crippen LogP contribution in [0.2, 0.25) is 0 Å². The summed E-state index contributed by atoms with van der Waals surface area (Å²) in [7, 11) is -3.53. The zero-order valence-corrected chi connectivity index (χ0v) is 11.5. The van der Waals surface area contributed by atoms with Crippen LogP contribution in [0, 0.1) is 0 Å². The molecule has 1 aliphatic rings. The molecule has 0 aromatic heterocycles. The van der Waals surface area contributed by atoms with E-state index in [0.717, 1.165) is 5.56 Å². The van der Waals surface area contributed by atoms with Gasteiger partial charge in [-0.25, -0.2) is 8.42 Å². The first-order chi connectivity index (χ1) is 8.95. The highest BCUT2D eigenvalue weighted by Crippen LogP contribution is 2.25. The molecule has 1 aromatic carbocycles. The molecule has 1 atom stereocenters. The first-order valence-electron chi connectivity index (χ1n) is 5.95. The van der Waals surface area contributed by atoms with Gasteiger partial charge in [-0.3, -0.25) is 4.79 Å². The molecule has 19 heavy (non-hydrogen) atoms. The van der Waals surface area contributed by atoms with Crippen LogP contribution in [0.5, 0.6) is 0 Å². The Labute approximate surface area is 113 Å². The molecule has 1 unspecified atom stereocenters. The quantitative estimate of drug-likeness (QED) is 0.850. The van der Waals surface area contributed by atoms with E-state index >= 15 is 0 Å². The molecule has 0 aliphatic carbocycles. The predicted octanol–water partition coefficient (Wildman–Crippen LogP) is 1.35. The van der Waals surface area contributed by atoms with Crippen LogP contribution in [0.1, 0.15) is 12.5 Å². The van der Waals surface area contributed by atoms with Crippen molar-refractivity contribution < 1.29 is 13.2 Å². The van der Waals surface area contributed by atoms with E-state index < -0.39 is 16.1 Å². The summed E-state index contributed by atoms with van der Waals surface area (Å²) < 4.78 is 25.6. The van der Waals surface area contributed by atoms with E-state index in [1.807, 2.05) is 12.1 Å². The lowest BCUT2D eigenvalue weighted by atomic mass is 10.2. The lowest BCUT2D eigenvalue weighted by Crippen LogP contribution is -2.43. The van der Waals surface area contributed by atoms with Crippen molar-refractivity contribution in [1.29, 1.82) is 0 Å². The number of hydrogen-bond acceptors (Lipinski definition) is 3. The molecule has 0 saturated heterocycles. The molecule has 2 rings (SSSR count). The number of sulfonamides is 1. The van der Waals surface area contributed by atoms with Crippen molar-refractivity contribution in [2.24, 2.45) is 0 Å². The van der Waals surface area contributed by atoms with Crippen LogP contribution in [0.25, 0.3) is 0 Å². The number of nitrogens with one attached hydrogen (secondary N) is 1. The van der Waals surface area contributed by atoms with Gasteiger partial charge in [0.05, 0.1) is 5.75 Å². The Morgan fingerprint density at radius 2 is 2.16 bits per heavy atom. The Balaban J connectivity index is 2.45. The summed E-state index contributed by atoms with van der Waals surface area (Å²) >= 11 is 0. The van der Waals surface area contributed by atoms with Gasteiger partial charge in [0.1, 0.15) is 6.04 Å². The molecule has 0 spiro atoms. The Morgan fingerprint density at radius 3 is 2.84 bits per heavy atom. The van der Waals surface area contributed by atoms with Gasteiger partial charge < -0.3 is 5.32 Å². The standard InChI is InChI=1S/C13H16N2O3S/c1-3-8-19(17,18)15-9-11-6-4-5-7-12(11)14-13(16)10(15)2/h3-7,10H,1,8-9H2,2H3,(H,14,16). The summed E-state index contributed by atoms with van der Waals surface area (Å²) in [6, 6.07) is 6.46. The smallest absolute Gasteiger partial charge is 0.242 e. The minimum Gasteiger partial charge on any atom is -0.324 e. The maximum Gasteiger partial charge on any atom is 0.242 e. The molecule has 1 amide bonds. The molecule has 1 aliphatic heterocycles. The number of nitrogens with zero attached hydrogens (tertiary/aromatic N) is 1. The molecule has 1 aromatic rings. The molecule has 1 heterocycles. The number of benzene rings is 1. The normalized spacial score (nSPS) is 20.3. The summed E-state index contributed by atoms with van der Waals surface area (Å²) in [5, 5.41) is 2.75. The van der Waals surface area contributed by atoms with Crippen molar-refractivity contribution >= 4 is 21.6 Å². The largest absolute Gasteiger partial charge is 0.324 e. The van der Waals surface area contributed by atoms with Crippen LogP contribution in [0.15, 0.2) is 36.9 Å². The number of hydrogen-bond donors (Lipinski definition) is 1. The van der Waals surface area contributed by atoms with Crippen molar-refractivity contribution in [2.45, 2.75) is 19.5 Å². The second kappa shape index (κ2) is 5.14. The minimum absolute atomic E-state index is 0.174. The third-order valence-corrected chi connectivity index (χ3v) is 4.92. The number of rotatable bonds is 3. The van der Waals surface area contributed by atoms with E-state index in [4.69, 9.17) is 0 Å². The monoisotopic (exact) mass is 280 g/mol. The van der Waals surface area contributed by atoms with Crippen molar-refractivity contribution in [1.82, 2.24) is 4.31 Å². The molecule has 0 fully saturated rings. The van der Waals surface area contributed by atoms with Crippen molar-refractivity contribution in [3.8, 4) is 0 Å². The Hall–Kier alpha value is -1.66. The summed E-state index contributed by atoms with van der Waals surface area (Å²) in [6.07, 6.45) is 1.33.